The van der Waals surface area contributed by atoms with E-state index < -0.39 is 28.5 Å². The number of benzene rings is 4. The largest absolute Gasteiger partial charge is 0.352 e. The number of carbonyl (C=O) groups is 2. The van der Waals surface area contributed by atoms with Crippen molar-refractivity contribution in [3.8, 4) is 0 Å². The van der Waals surface area contributed by atoms with Crippen molar-refractivity contribution in [2.24, 2.45) is 0 Å². The Kier molecular flexibility index (Phi) is 11.4. The molecule has 0 bridgehead atoms. The average Bonchev–Trinajstić information content (AvgIpc) is 3.08. The highest BCUT2D eigenvalue weighted by molar-refractivity contribution is 7.92. The molecule has 4 aromatic carbocycles. The highest BCUT2D eigenvalue weighted by Crippen LogP contribution is 2.27. The third-order valence-corrected chi connectivity index (χ3v) is 10.7. The smallest absolute Gasteiger partial charge is 0.264 e. The van der Waals surface area contributed by atoms with E-state index in [9.17, 15) is 18.0 Å². The number of para-hydroxylation sites is 1. The van der Waals surface area contributed by atoms with E-state index in [2.05, 4.69) is 5.32 Å². The van der Waals surface area contributed by atoms with Gasteiger partial charge in [0, 0.05) is 19.0 Å². The number of amides is 2. The summed E-state index contributed by atoms with van der Waals surface area (Å²) in [6.07, 6.45) is 5.19. The maximum Gasteiger partial charge on any atom is 0.264 e. The van der Waals surface area contributed by atoms with Gasteiger partial charge in [-0.3, -0.25) is 13.9 Å². The number of anilines is 1. The first kappa shape index (κ1) is 33.5. The van der Waals surface area contributed by atoms with Gasteiger partial charge in [0.25, 0.3) is 10.0 Å². The summed E-state index contributed by atoms with van der Waals surface area (Å²) in [5, 5.41) is 3.89. The van der Waals surface area contributed by atoms with E-state index in [4.69, 9.17) is 23.2 Å². The molecule has 10 heteroatoms. The van der Waals surface area contributed by atoms with Crippen LogP contribution in [0.5, 0.6) is 0 Å². The first-order chi connectivity index (χ1) is 22.2. The van der Waals surface area contributed by atoms with Crippen LogP contribution in [0.4, 0.5) is 5.69 Å². The van der Waals surface area contributed by atoms with Crippen molar-refractivity contribution >= 4 is 50.7 Å². The number of hydrogen-bond acceptors (Lipinski definition) is 4. The maximum absolute atomic E-state index is 14.6. The van der Waals surface area contributed by atoms with Crippen molar-refractivity contribution in [2.45, 2.75) is 62.0 Å². The van der Waals surface area contributed by atoms with Gasteiger partial charge < -0.3 is 10.2 Å². The molecule has 4 aromatic rings. The second-order valence-corrected chi connectivity index (χ2v) is 14.2. The van der Waals surface area contributed by atoms with Crippen LogP contribution in [0.2, 0.25) is 10.0 Å². The molecule has 1 saturated carbocycles. The Bertz CT molecular complexity index is 1720. The van der Waals surface area contributed by atoms with Crippen molar-refractivity contribution in [2.75, 3.05) is 10.8 Å². The minimum absolute atomic E-state index is 0.0132. The average molecular weight is 679 g/mol. The number of rotatable bonds is 12. The zero-order chi connectivity index (χ0) is 32.5. The molecule has 0 aliphatic heterocycles. The Morgan fingerprint density at radius 1 is 0.761 bits per heavy atom. The van der Waals surface area contributed by atoms with Gasteiger partial charge >= 0.3 is 0 Å². The molecule has 0 unspecified atom stereocenters. The van der Waals surface area contributed by atoms with Crippen molar-refractivity contribution in [3.63, 3.8) is 0 Å². The fraction of sp³-hybridized carbons (Fsp3) is 0.278. The molecule has 1 aliphatic carbocycles. The van der Waals surface area contributed by atoms with Crippen LogP contribution >= 0.6 is 23.2 Å². The molecule has 0 heterocycles. The SMILES string of the molecule is O=C(NC1CCCCC1)[C@H](Cc1ccccc1)N(Cc1ccc(Cl)c(Cl)c1)C(=O)CN(c1ccccc1)S(=O)(=O)c1ccccc1. The van der Waals surface area contributed by atoms with Gasteiger partial charge in [0.2, 0.25) is 11.8 Å². The van der Waals surface area contributed by atoms with Gasteiger partial charge in [-0.1, -0.05) is 115 Å². The molecule has 240 valence electrons. The molecule has 0 spiro atoms. The number of nitrogens with one attached hydrogen (secondary N) is 1. The lowest BCUT2D eigenvalue weighted by molar-refractivity contribution is -0.140. The predicted octanol–water partition coefficient (Wildman–Crippen LogP) is 7.28. The summed E-state index contributed by atoms with van der Waals surface area (Å²) in [6.45, 7) is -0.510. The molecule has 1 fully saturated rings. The molecular weight excluding hydrogens is 641 g/mol. The molecule has 2 amide bonds. The second kappa shape index (κ2) is 15.6. The van der Waals surface area contributed by atoms with Gasteiger partial charge in [-0.2, -0.15) is 0 Å². The zero-order valence-electron chi connectivity index (χ0n) is 25.4. The summed E-state index contributed by atoms with van der Waals surface area (Å²) in [7, 11) is -4.15. The first-order valence-corrected chi connectivity index (χ1v) is 17.6. The van der Waals surface area contributed by atoms with Gasteiger partial charge in [-0.25, -0.2) is 8.42 Å². The molecule has 0 radical (unpaired) electrons. The summed E-state index contributed by atoms with van der Waals surface area (Å²) in [5.41, 5.74) is 1.86. The Balaban J connectivity index is 1.55. The maximum atomic E-state index is 14.6. The summed E-state index contributed by atoms with van der Waals surface area (Å²) in [4.78, 5) is 30.3. The molecular formula is C36H37Cl2N3O4S. The Morgan fingerprint density at radius 2 is 1.37 bits per heavy atom. The summed E-state index contributed by atoms with van der Waals surface area (Å²) < 4.78 is 29.2. The van der Waals surface area contributed by atoms with Crippen molar-refractivity contribution in [3.05, 3.63) is 130 Å². The molecule has 1 N–H and O–H groups in total. The topological polar surface area (TPSA) is 86.8 Å². The third-order valence-electron chi connectivity index (χ3n) is 8.21. The number of carbonyl (C=O) groups excluding carboxylic acids is 2. The van der Waals surface area contributed by atoms with E-state index in [1.165, 1.54) is 17.0 Å². The van der Waals surface area contributed by atoms with Gasteiger partial charge in [0.15, 0.2) is 0 Å². The second-order valence-electron chi connectivity index (χ2n) is 11.5. The van der Waals surface area contributed by atoms with Crippen LogP contribution in [-0.4, -0.2) is 43.8 Å². The lowest BCUT2D eigenvalue weighted by Gasteiger charge is -2.35. The normalized spacial score (nSPS) is 14.3. The van der Waals surface area contributed by atoms with Crippen LogP contribution in [0, 0.1) is 0 Å². The predicted molar refractivity (Wildman–Crippen MR) is 183 cm³/mol. The van der Waals surface area contributed by atoms with Gasteiger partial charge in [0.05, 0.1) is 20.6 Å². The highest BCUT2D eigenvalue weighted by Gasteiger charge is 2.35. The highest BCUT2D eigenvalue weighted by atomic mass is 35.5. The van der Waals surface area contributed by atoms with Gasteiger partial charge in [0.1, 0.15) is 12.6 Å². The Hall–Kier alpha value is -3.85. The third kappa shape index (κ3) is 8.49. The number of nitrogens with zero attached hydrogens (tertiary/aromatic N) is 2. The van der Waals surface area contributed by atoms with Gasteiger partial charge in [-0.05, 0) is 60.4 Å². The van der Waals surface area contributed by atoms with Crippen molar-refractivity contribution in [1.82, 2.24) is 10.2 Å². The Labute approximate surface area is 281 Å². The fourth-order valence-corrected chi connectivity index (χ4v) is 7.53. The molecule has 0 aromatic heterocycles. The molecule has 5 rings (SSSR count). The molecule has 1 aliphatic rings. The molecule has 0 saturated heterocycles. The fourth-order valence-electron chi connectivity index (χ4n) is 5.78. The first-order valence-electron chi connectivity index (χ1n) is 15.4. The number of sulfonamides is 1. The summed E-state index contributed by atoms with van der Waals surface area (Å²) in [5.74, 6) is -0.810. The molecule has 46 heavy (non-hydrogen) atoms. The molecule has 1 atom stereocenters. The number of halogens is 2. The van der Waals surface area contributed by atoms with Crippen LogP contribution in [0.15, 0.2) is 114 Å². The van der Waals surface area contributed by atoms with Crippen molar-refractivity contribution < 1.29 is 18.0 Å². The lowest BCUT2D eigenvalue weighted by Crippen LogP contribution is -2.55. The molecule has 7 nitrogen and oxygen atoms in total. The Morgan fingerprint density at radius 3 is 2.00 bits per heavy atom. The van der Waals surface area contributed by atoms with Crippen LogP contribution in [-0.2, 0) is 32.6 Å². The minimum atomic E-state index is -4.15. The lowest BCUT2D eigenvalue weighted by atomic mass is 9.94. The zero-order valence-corrected chi connectivity index (χ0v) is 27.7. The van der Waals surface area contributed by atoms with Crippen molar-refractivity contribution in [1.29, 1.82) is 0 Å². The van der Waals surface area contributed by atoms with Crippen LogP contribution in [0.1, 0.15) is 43.2 Å². The van der Waals surface area contributed by atoms with Crippen LogP contribution in [0.3, 0.4) is 0 Å². The quantitative estimate of drug-likeness (QED) is 0.171. The van der Waals surface area contributed by atoms with E-state index in [0.29, 0.717) is 21.3 Å². The van der Waals surface area contributed by atoms with Crippen LogP contribution < -0.4 is 9.62 Å². The number of hydrogen-bond donors (Lipinski definition) is 1. The van der Waals surface area contributed by atoms with Crippen LogP contribution in [0.25, 0.3) is 0 Å². The van der Waals surface area contributed by atoms with E-state index in [1.807, 2.05) is 30.3 Å². The van der Waals surface area contributed by atoms with E-state index in [1.54, 1.807) is 66.7 Å². The van der Waals surface area contributed by atoms with Gasteiger partial charge in [-0.15, -0.1) is 0 Å². The van der Waals surface area contributed by atoms with E-state index in [-0.39, 0.29) is 29.8 Å². The van der Waals surface area contributed by atoms with E-state index >= 15 is 0 Å². The summed E-state index contributed by atoms with van der Waals surface area (Å²) in [6, 6.07) is 30.2. The van der Waals surface area contributed by atoms with E-state index in [0.717, 1.165) is 42.0 Å². The summed E-state index contributed by atoms with van der Waals surface area (Å²) >= 11 is 12.6. The monoisotopic (exact) mass is 677 g/mol. The standard InChI is InChI=1S/C36H37Cl2N3O4S/c37-32-22-21-28(23-33(32)38)25-40(34(24-27-13-5-1-6-14-27)36(43)39-29-15-7-2-8-16-29)35(42)26-41(30-17-9-3-10-18-30)46(44,45)31-19-11-4-12-20-31/h1,3-6,9-14,17-23,29,34H,2,7-8,15-16,24-26H2,(H,39,43)/t34-/m0/s1. The minimum Gasteiger partial charge on any atom is -0.352 e.